The van der Waals surface area contributed by atoms with Crippen molar-refractivity contribution in [2.45, 2.75) is 32.7 Å². The number of fused-ring (bicyclic) bond motifs is 1. The number of aromatic nitrogens is 2. The number of aromatic amines is 1. The van der Waals surface area contributed by atoms with E-state index < -0.39 is 0 Å². The lowest BCUT2D eigenvalue weighted by Crippen LogP contribution is -2.14. The van der Waals surface area contributed by atoms with Gasteiger partial charge in [0, 0.05) is 11.4 Å². The van der Waals surface area contributed by atoms with Crippen LogP contribution in [-0.2, 0) is 0 Å². The SMILES string of the molecule is CCCC(C)Nc1cccc2cn[nH]c12. The summed E-state index contributed by atoms with van der Waals surface area (Å²) in [5.74, 6) is 0. The third kappa shape index (κ3) is 2.12. The third-order valence-electron chi connectivity index (χ3n) is 2.60. The van der Waals surface area contributed by atoms with Gasteiger partial charge in [-0.25, -0.2) is 0 Å². The van der Waals surface area contributed by atoms with E-state index in [4.69, 9.17) is 0 Å². The van der Waals surface area contributed by atoms with Crippen LogP contribution in [0.25, 0.3) is 10.9 Å². The highest BCUT2D eigenvalue weighted by atomic mass is 15.1. The predicted octanol–water partition coefficient (Wildman–Crippen LogP) is 3.16. The first-order chi connectivity index (χ1) is 7.31. The molecule has 3 heteroatoms. The molecular weight excluding hydrogens is 186 g/mol. The van der Waals surface area contributed by atoms with Gasteiger partial charge in [0.05, 0.1) is 17.4 Å². The number of para-hydroxylation sites is 1. The molecule has 0 saturated heterocycles. The van der Waals surface area contributed by atoms with E-state index in [1.807, 2.05) is 6.20 Å². The van der Waals surface area contributed by atoms with E-state index in [0.29, 0.717) is 6.04 Å². The van der Waals surface area contributed by atoms with Crippen LogP contribution in [0.3, 0.4) is 0 Å². The van der Waals surface area contributed by atoms with E-state index in [9.17, 15) is 0 Å². The summed E-state index contributed by atoms with van der Waals surface area (Å²) < 4.78 is 0. The molecule has 1 atom stereocenters. The fourth-order valence-corrected chi connectivity index (χ4v) is 1.86. The summed E-state index contributed by atoms with van der Waals surface area (Å²) in [5.41, 5.74) is 2.24. The monoisotopic (exact) mass is 203 g/mol. The quantitative estimate of drug-likeness (QED) is 0.801. The molecule has 3 nitrogen and oxygen atoms in total. The van der Waals surface area contributed by atoms with Gasteiger partial charge in [-0.1, -0.05) is 25.5 Å². The van der Waals surface area contributed by atoms with Gasteiger partial charge in [0.2, 0.25) is 0 Å². The molecule has 1 unspecified atom stereocenters. The summed E-state index contributed by atoms with van der Waals surface area (Å²) >= 11 is 0. The number of rotatable bonds is 4. The van der Waals surface area contributed by atoms with Gasteiger partial charge >= 0.3 is 0 Å². The largest absolute Gasteiger partial charge is 0.381 e. The standard InChI is InChI=1S/C12H17N3/c1-3-5-9(2)14-11-7-4-6-10-8-13-15-12(10)11/h4,6-9,14H,3,5H2,1-2H3,(H,13,15). The van der Waals surface area contributed by atoms with Crippen molar-refractivity contribution in [3.63, 3.8) is 0 Å². The van der Waals surface area contributed by atoms with Crippen molar-refractivity contribution in [1.82, 2.24) is 10.2 Å². The molecule has 0 spiro atoms. The third-order valence-corrected chi connectivity index (χ3v) is 2.60. The van der Waals surface area contributed by atoms with Gasteiger partial charge in [-0.05, 0) is 19.4 Å². The van der Waals surface area contributed by atoms with Gasteiger partial charge in [0.1, 0.15) is 0 Å². The summed E-state index contributed by atoms with van der Waals surface area (Å²) in [5, 5.41) is 11.7. The highest BCUT2D eigenvalue weighted by Gasteiger charge is 2.05. The van der Waals surface area contributed by atoms with Crippen LogP contribution < -0.4 is 5.32 Å². The zero-order valence-electron chi connectivity index (χ0n) is 9.25. The number of benzene rings is 1. The molecule has 0 amide bonds. The molecule has 0 aliphatic heterocycles. The molecule has 80 valence electrons. The molecule has 15 heavy (non-hydrogen) atoms. The molecule has 1 aromatic heterocycles. The lowest BCUT2D eigenvalue weighted by Gasteiger charge is -2.14. The van der Waals surface area contributed by atoms with E-state index in [-0.39, 0.29) is 0 Å². The normalized spacial score (nSPS) is 12.9. The first kappa shape index (κ1) is 10.0. The zero-order chi connectivity index (χ0) is 10.7. The van der Waals surface area contributed by atoms with Crippen LogP contribution in [0.4, 0.5) is 5.69 Å². The van der Waals surface area contributed by atoms with E-state index >= 15 is 0 Å². The molecular formula is C12H17N3. The second kappa shape index (κ2) is 4.34. The first-order valence-corrected chi connectivity index (χ1v) is 5.50. The Hall–Kier alpha value is -1.51. The number of anilines is 1. The van der Waals surface area contributed by atoms with Crippen molar-refractivity contribution in [1.29, 1.82) is 0 Å². The molecule has 0 fully saturated rings. The minimum atomic E-state index is 0.504. The molecule has 2 N–H and O–H groups in total. The fourth-order valence-electron chi connectivity index (χ4n) is 1.86. The van der Waals surface area contributed by atoms with Crippen molar-refractivity contribution in [2.24, 2.45) is 0 Å². The molecule has 2 rings (SSSR count). The van der Waals surface area contributed by atoms with Gasteiger partial charge in [0.15, 0.2) is 0 Å². The van der Waals surface area contributed by atoms with Crippen LogP contribution in [0, 0.1) is 0 Å². The lowest BCUT2D eigenvalue weighted by molar-refractivity contribution is 0.691. The Morgan fingerprint density at radius 3 is 3.13 bits per heavy atom. The number of hydrogen-bond donors (Lipinski definition) is 2. The number of hydrogen-bond acceptors (Lipinski definition) is 2. The van der Waals surface area contributed by atoms with Crippen LogP contribution in [-0.4, -0.2) is 16.2 Å². The van der Waals surface area contributed by atoms with Crippen LogP contribution in [0.5, 0.6) is 0 Å². The topological polar surface area (TPSA) is 40.7 Å². The van der Waals surface area contributed by atoms with E-state index in [2.05, 4.69) is 47.6 Å². The van der Waals surface area contributed by atoms with Crippen LogP contribution >= 0.6 is 0 Å². The molecule has 1 aromatic carbocycles. The smallest absolute Gasteiger partial charge is 0.0881 e. The van der Waals surface area contributed by atoms with Gasteiger partial charge in [-0.15, -0.1) is 0 Å². The van der Waals surface area contributed by atoms with Gasteiger partial charge < -0.3 is 5.32 Å². The van der Waals surface area contributed by atoms with Crippen molar-refractivity contribution in [2.75, 3.05) is 5.32 Å². The average Bonchev–Trinajstić information content (AvgIpc) is 2.67. The molecule has 0 saturated carbocycles. The second-order valence-corrected chi connectivity index (χ2v) is 3.97. The highest BCUT2D eigenvalue weighted by Crippen LogP contribution is 2.21. The van der Waals surface area contributed by atoms with Gasteiger partial charge in [0.25, 0.3) is 0 Å². The van der Waals surface area contributed by atoms with E-state index in [1.54, 1.807) is 0 Å². The first-order valence-electron chi connectivity index (χ1n) is 5.50. The number of nitrogens with zero attached hydrogens (tertiary/aromatic N) is 1. The van der Waals surface area contributed by atoms with Crippen LogP contribution in [0.15, 0.2) is 24.4 Å². The summed E-state index contributed by atoms with van der Waals surface area (Å²) in [6, 6.07) is 6.71. The molecule has 0 aliphatic rings. The minimum absolute atomic E-state index is 0.504. The van der Waals surface area contributed by atoms with Crippen LogP contribution in [0.2, 0.25) is 0 Å². The summed E-state index contributed by atoms with van der Waals surface area (Å²) in [6.45, 7) is 4.41. The molecule has 1 heterocycles. The number of H-pyrrole nitrogens is 1. The molecule has 2 aromatic rings. The minimum Gasteiger partial charge on any atom is -0.381 e. The summed E-state index contributed by atoms with van der Waals surface area (Å²) in [7, 11) is 0. The maximum atomic E-state index is 4.05. The fraction of sp³-hybridized carbons (Fsp3) is 0.417. The lowest BCUT2D eigenvalue weighted by atomic mass is 10.1. The molecule has 0 bridgehead atoms. The average molecular weight is 203 g/mol. The van der Waals surface area contributed by atoms with Crippen molar-refractivity contribution in [3.8, 4) is 0 Å². The highest BCUT2D eigenvalue weighted by molar-refractivity contribution is 5.89. The van der Waals surface area contributed by atoms with E-state index in [1.165, 1.54) is 12.8 Å². The summed E-state index contributed by atoms with van der Waals surface area (Å²) in [4.78, 5) is 0. The van der Waals surface area contributed by atoms with Gasteiger partial charge in [-0.2, -0.15) is 5.10 Å². The Bertz CT molecular complexity index is 433. The van der Waals surface area contributed by atoms with E-state index in [0.717, 1.165) is 16.6 Å². The Balaban J connectivity index is 2.23. The van der Waals surface area contributed by atoms with Crippen molar-refractivity contribution in [3.05, 3.63) is 24.4 Å². The maximum Gasteiger partial charge on any atom is 0.0881 e. The summed E-state index contributed by atoms with van der Waals surface area (Å²) in [6.07, 6.45) is 4.24. The molecule has 0 aliphatic carbocycles. The number of nitrogens with one attached hydrogen (secondary N) is 2. The Kier molecular flexibility index (Phi) is 2.90. The zero-order valence-corrected chi connectivity index (χ0v) is 9.25. The Labute approximate surface area is 89.9 Å². The Morgan fingerprint density at radius 1 is 1.47 bits per heavy atom. The Morgan fingerprint density at radius 2 is 2.33 bits per heavy atom. The maximum absolute atomic E-state index is 4.05. The van der Waals surface area contributed by atoms with Crippen molar-refractivity contribution >= 4 is 16.6 Å². The predicted molar refractivity (Wildman–Crippen MR) is 64.1 cm³/mol. The van der Waals surface area contributed by atoms with Gasteiger partial charge in [-0.3, -0.25) is 5.10 Å². The second-order valence-electron chi connectivity index (χ2n) is 3.97. The molecule has 0 radical (unpaired) electrons. The van der Waals surface area contributed by atoms with Crippen LogP contribution in [0.1, 0.15) is 26.7 Å². The van der Waals surface area contributed by atoms with Crippen molar-refractivity contribution < 1.29 is 0 Å².